The molecule has 19 heavy (non-hydrogen) atoms. The highest BCUT2D eigenvalue weighted by Crippen LogP contribution is 2.44. The number of sulfonamides is 1. The van der Waals surface area contributed by atoms with Crippen LogP contribution in [0.3, 0.4) is 0 Å². The highest BCUT2D eigenvalue weighted by Gasteiger charge is 2.43. The molecule has 1 amide bonds. The summed E-state index contributed by atoms with van der Waals surface area (Å²) in [4.78, 5) is 10.8. The molecule has 0 radical (unpaired) electrons. The molecule has 3 N–H and O–H groups in total. The molecule has 10 heteroatoms. The van der Waals surface area contributed by atoms with Gasteiger partial charge in [-0.1, -0.05) is 11.3 Å². The molecule has 1 aromatic heterocycles. The molecule has 0 spiro atoms. The van der Waals surface area contributed by atoms with E-state index in [0.29, 0.717) is 0 Å². The van der Waals surface area contributed by atoms with Gasteiger partial charge in [0.2, 0.25) is 15.4 Å². The highest BCUT2D eigenvalue weighted by molar-refractivity contribution is 7.91. The summed E-state index contributed by atoms with van der Waals surface area (Å²) in [6.07, 6.45) is 1.61. The van der Waals surface area contributed by atoms with Gasteiger partial charge in [0.1, 0.15) is 0 Å². The first-order valence-corrected chi connectivity index (χ1v) is 7.88. The number of carbonyl (C=O) groups excluding carboxylic acids is 1. The Balaban J connectivity index is 2.02. The Kier molecular flexibility index (Phi) is 3.85. The Bertz CT molecular complexity index is 579. The van der Waals surface area contributed by atoms with Crippen LogP contribution in [0.2, 0.25) is 0 Å². The first-order chi connectivity index (χ1) is 8.87. The molecule has 0 atom stereocenters. The fourth-order valence-electron chi connectivity index (χ4n) is 1.40. The third-order valence-corrected chi connectivity index (χ3v) is 5.46. The van der Waals surface area contributed by atoms with Crippen molar-refractivity contribution in [3.05, 3.63) is 0 Å². The van der Waals surface area contributed by atoms with Crippen LogP contribution in [-0.2, 0) is 14.8 Å². The number of aliphatic hydroxyl groups excluding tert-OH is 1. The van der Waals surface area contributed by atoms with Crippen LogP contribution in [0.1, 0.15) is 19.8 Å². The minimum atomic E-state index is -3.75. The predicted molar refractivity (Wildman–Crippen MR) is 68.2 cm³/mol. The zero-order chi connectivity index (χ0) is 14.1. The molecular formula is C9H14N4O4S2. The van der Waals surface area contributed by atoms with E-state index in [-0.39, 0.29) is 33.9 Å². The van der Waals surface area contributed by atoms with E-state index in [1.165, 1.54) is 6.92 Å². The fraction of sp³-hybridized carbons (Fsp3) is 0.667. The van der Waals surface area contributed by atoms with Crippen molar-refractivity contribution in [2.75, 3.05) is 18.5 Å². The number of aliphatic hydroxyl groups is 1. The lowest BCUT2D eigenvalue weighted by Crippen LogP contribution is -2.31. The second-order valence-electron chi connectivity index (χ2n) is 4.54. The van der Waals surface area contributed by atoms with E-state index >= 15 is 0 Å². The van der Waals surface area contributed by atoms with Gasteiger partial charge in [-0.3, -0.25) is 4.79 Å². The minimum absolute atomic E-state index is 0.0389. The molecule has 2 rings (SSSR count). The fourth-order valence-corrected chi connectivity index (χ4v) is 3.54. The molecule has 0 unspecified atom stereocenters. The van der Waals surface area contributed by atoms with Crippen LogP contribution in [0.5, 0.6) is 0 Å². The van der Waals surface area contributed by atoms with Crippen molar-refractivity contribution >= 4 is 32.4 Å². The Hall–Kier alpha value is -1.10. The molecule has 1 aliphatic carbocycles. The van der Waals surface area contributed by atoms with Crippen LogP contribution in [-0.4, -0.2) is 42.8 Å². The van der Waals surface area contributed by atoms with Gasteiger partial charge in [0.05, 0.1) is 0 Å². The van der Waals surface area contributed by atoms with Crippen molar-refractivity contribution in [1.82, 2.24) is 14.9 Å². The Morgan fingerprint density at radius 2 is 2.16 bits per heavy atom. The first kappa shape index (κ1) is 14.3. The number of amides is 1. The standard InChI is InChI=1S/C9H14N4O4S2/c1-6(15)11-7-12-13-8(18-7)19(16,17)10-4-9(5-14)2-3-9/h10,14H,2-5H2,1H3,(H,11,12,15). The van der Waals surface area contributed by atoms with Gasteiger partial charge < -0.3 is 10.4 Å². The number of anilines is 1. The van der Waals surface area contributed by atoms with E-state index in [0.717, 1.165) is 24.2 Å². The monoisotopic (exact) mass is 306 g/mol. The van der Waals surface area contributed by atoms with Crippen molar-refractivity contribution in [3.63, 3.8) is 0 Å². The maximum Gasteiger partial charge on any atom is 0.269 e. The number of rotatable bonds is 6. The molecule has 0 aromatic carbocycles. The molecule has 106 valence electrons. The van der Waals surface area contributed by atoms with Crippen LogP contribution in [0.25, 0.3) is 0 Å². The summed E-state index contributed by atoms with van der Waals surface area (Å²) < 4.78 is 26.0. The largest absolute Gasteiger partial charge is 0.396 e. The van der Waals surface area contributed by atoms with E-state index in [4.69, 9.17) is 5.11 Å². The Morgan fingerprint density at radius 1 is 1.47 bits per heavy atom. The molecule has 0 aliphatic heterocycles. The van der Waals surface area contributed by atoms with Crippen molar-refractivity contribution < 1.29 is 18.3 Å². The van der Waals surface area contributed by atoms with Gasteiger partial charge >= 0.3 is 0 Å². The summed E-state index contributed by atoms with van der Waals surface area (Å²) in [5.41, 5.74) is -0.321. The number of hydrogen-bond acceptors (Lipinski definition) is 7. The second kappa shape index (κ2) is 5.12. The van der Waals surface area contributed by atoms with Crippen LogP contribution < -0.4 is 10.0 Å². The molecular weight excluding hydrogens is 292 g/mol. The smallest absolute Gasteiger partial charge is 0.269 e. The lowest BCUT2D eigenvalue weighted by Gasteiger charge is -2.11. The SMILES string of the molecule is CC(=O)Nc1nnc(S(=O)(=O)NCC2(CO)CC2)s1. The van der Waals surface area contributed by atoms with Gasteiger partial charge in [-0.05, 0) is 12.8 Å². The van der Waals surface area contributed by atoms with Crippen molar-refractivity contribution in [2.45, 2.75) is 24.1 Å². The van der Waals surface area contributed by atoms with Gasteiger partial charge in [0.15, 0.2) is 0 Å². The highest BCUT2D eigenvalue weighted by atomic mass is 32.2. The van der Waals surface area contributed by atoms with Gasteiger partial charge in [-0.25, -0.2) is 13.1 Å². The maximum atomic E-state index is 11.9. The van der Waals surface area contributed by atoms with Crippen LogP contribution in [0.4, 0.5) is 5.13 Å². The van der Waals surface area contributed by atoms with Crippen LogP contribution in [0.15, 0.2) is 4.34 Å². The van der Waals surface area contributed by atoms with Crippen molar-refractivity contribution in [2.24, 2.45) is 5.41 Å². The van der Waals surface area contributed by atoms with Gasteiger partial charge in [-0.15, -0.1) is 10.2 Å². The number of hydrogen-bond donors (Lipinski definition) is 3. The van der Waals surface area contributed by atoms with E-state index in [2.05, 4.69) is 20.2 Å². The summed E-state index contributed by atoms with van der Waals surface area (Å²) in [6, 6.07) is 0. The predicted octanol–water partition coefficient (Wildman–Crippen LogP) is -0.453. The average Bonchev–Trinajstić information content (AvgIpc) is 2.98. The molecule has 0 saturated heterocycles. The summed E-state index contributed by atoms with van der Waals surface area (Å²) in [7, 11) is -3.75. The maximum absolute atomic E-state index is 11.9. The summed E-state index contributed by atoms with van der Waals surface area (Å²) >= 11 is 0.780. The molecule has 1 aromatic rings. The number of nitrogens with zero attached hydrogens (tertiary/aromatic N) is 2. The molecule has 8 nitrogen and oxygen atoms in total. The van der Waals surface area contributed by atoms with E-state index in [1.807, 2.05) is 0 Å². The molecule has 1 fully saturated rings. The third kappa shape index (κ3) is 3.47. The van der Waals surface area contributed by atoms with E-state index in [1.54, 1.807) is 0 Å². The van der Waals surface area contributed by atoms with Gasteiger partial charge in [-0.2, -0.15) is 0 Å². The Morgan fingerprint density at radius 3 is 2.68 bits per heavy atom. The molecule has 1 saturated carbocycles. The van der Waals surface area contributed by atoms with Crippen molar-refractivity contribution in [3.8, 4) is 0 Å². The summed E-state index contributed by atoms with van der Waals surface area (Å²) in [5.74, 6) is -0.342. The summed E-state index contributed by atoms with van der Waals surface area (Å²) in [6.45, 7) is 1.44. The minimum Gasteiger partial charge on any atom is -0.396 e. The second-order valence-corrected chi connectivity index (χ2v) is 7.46. The number of aromatic nitrogens is 2. The first-order valence-electron chi connectivity index (χ1n) is 5.59. The lowest BCUT2D eigenvalue weighted by molar-refractivity contribution is -0.114. The zero-order valence-corrected chi connectivity index (χ0v) is 11.8. The molecule has 0 bridgehead atoms. The Labute approximate surface area is 114 Å². The zero-order valence-electron chi connectivity index (χ0n) is 10.2. The number of nitrogens with one attached hydrogen (secondary N) is 2. The van der Waals surface area contributed by atoms with Crippen molar-refractivity contribution in [1.29, 1.82) is 0 Å². The van der Waals surface area contributed by atoms with E-state index in [9.17, 15) is 13.2 Å². The van der Waals surface area contributed by atoms with Crippen LogP contribution >= 0.6 is 11.3 Å². The summed E-state index contributed by atoms with van der Waals surface area (Å²) in [5, 5.41) is 18.7. The van der Waals surface area contributed by atoms with Gasteiger partial charge in [0.25, 0.3) is 10.0 Å². The molecule has 1 heterocycles. The van der Waals surface area contributed by atoms with E-state index < -0.39 is 10.0 Å². The normalized spacial score (nSPS) is 17.2. The lowest BCUT2D eigenvalue weighted by atomic mass is 10.1. The topological polar surface area (TPSA) is 121 Å². The quantitative estimate of drug-likeness (QED) is 0.612. The third-order valence-electron chi connectivity index (χ3n) is 2.85. The van der Waals surface area contributed by atoms with Gasteiger partial charge in [0, 0.05) is 25.5 Å². The average molecular weight is 306 g/mol. The number of carbonyl (C=O) groups is 1. The molecule has 1 aliphatic rings. The van der Waals surface area contributed by atoms with Crippen LogP contribution in [0, 0.1) is 5.41 Å².